The first-order valence-electron chi connectivity index (χ1n) is 7.64. The second kappa shape index (κ2) is 6.30. The molecule has 1 saturated carbocycles. The lowest BCUT2D eigenvalue weighted by molar-refractivity contribution is -0.0576. The third-order valence-electron chi connectivity index (χ3n) is 4.76. The monoisotopic (exact) mass is 304 g/mol. The van der Waals surface area contributed by atoms with E-state index in [2.05, 4.69) is 6.92 Å². The van der Waals surface area contributed by atoms with Crippen molar-refractivity contribution in [3.8, 4) is 0 Å². The van der Waals surface area contributed by atoms with E-state index in [0.717, 1.165) is 25.7 Å². The first-order chi connectivity index (χ1) is 9.35. The van der Waals surface area contributed by atoms with Gasteiger partial charge in [0, 0.05) is 19.6 Å². The van der Waals surface area contributed by atoms with Gasteiger partial charge in [-0.05, 0) is 43.9 Å². The highest BCUT2D eigenvalue weighted by Gasteiger charge is 2.38. The van der Waals surface area contributed by atoms with Crippen LogP contribution < -0.4 is 5.73 Å². The summed E-state index contributed by atoms with van der Waals surface area (Å²) in [5.41, 5.74) is 5.75. The summed E-state index contributed by atoms with van der Waals surface area (Å²) in [6.07, 6.45) is 6.50. The van der Waals surface area contributed by atoms with E-state index in [4.69, 9.17) is 10.5 Å². The number of nitrogens with two attached hydrogens (primary N) is 1. The molecular weight excluding hydrogens is 276 g/mol. The van der Waals surface area contributed by atoms with Crippen LogP contribution in [0.1, 0.15) is 39.0 Å². The molecule has 2 rings (SSSR count). The van der Waals surface area contributed by atoms with Crippen molar-refractivity contribution in [2.45, 2.75) is 44.6 Å². The lowest BCUT2D eigenvalue weighted by Crippen LogP contribution is -2.44. The Morgan fingerprint density at radius 3 is 2.70 bits per heavy atom. The number of ether oxygens (including phenoxy) is 1. The van der Waals surface area contributed by atoms with Crippen molar-refractivity contribution in [3.05, 3.63) is 0 Å². The zero-order valence-corrected chi connectivity index (χ0v) is 13.5. The van der Waals surface area contributed by atoms with Crippen LogP contribution in [0, 0.1) is 11.8 Å². The summed E-state index contributed by atoms with van der Waals surface area (Å²) < 4.78 is 31.0. The average molecular weight is 304 g/mol. The highest BCUT2D eigenvalue weighted by molar-refractivity contribution is 7.88. The van der Waals surface area contributed by atoms with E-state index < -0.39 is 10.0 Å². The third-order valence-corrected chi connectivity index (χ3v) is 6.03. The van der Waals surface area contributed by atoms with Crippen LogP contribution in [0.2, 0.25) is 0 Å². The van der Waals surface area contributed by atoms with Gasteiger partial charge >= 0.3 is 0 Å². The van der Waals surface area contributed by atoms with Crippen molar-refractivity contribution < 1.29 is 13.2 Å². The van der Waals surface area contributed by atoms with Gasteiger partial charge in [0.05, 0.1) is 18.5 Å². The second-order valence-electron chi connectivity index (χ2n) is 6.68. The number of hydrogen-bond donors (Lipinski definition) is 1. The van der Waals surface area contributed by atoms with Gasteiger partial charge in [-0.15, -0.1) is 0 Å². The summed E-state index contributed by atoms with van der Waals surface area (Å²) in [7, 11) is -3.07. The molecule has 2 fully saturated rings. The summed E-state index contributed by atoms with van der Waals surface area (Å²) in [6.45, 7) is 4.69. The van der Waals surface area contributed by atoms with Gasteiger partial charge < -0.3 is 10.5 Å². The molecule has 0 spiro atoms. The fourth-order valence-corrected chi connectivity index (χ4v) is 4.43. The lowest BCUT2D eigenvalue weighted by Gasteiger charge is -2.34. The summed E-state index contributed by atoms with van der Waals surface area (Å²) >= 11 is 0. The van der Waals surface area contributed by atoms with Crippen LogP contribution in [0.25, 0.3) is 0 Å². The maximum atomic E-state index is 11.6. The van der Waals surface area contributed by atoms with E-state index in [1.807, 2.05) is 0 Å². The Labute approximate surface area is 122 Å². The van der Waals surface area contributed by atoms with Crippen LogP contribution in [0.5, 0.6) is 0 Å². The Kier molecular flexibility index (Phi) is 5.10. The molecule has 0 amide bonds. The maximum absolute atomic E-state index is 11.6. The molecule has 3 atom stereocenters. The van der Waals surface area contributed by atoms with Gasteiger partial charge in [-0.2, -0.15) is 0 Å². The van der Waals surface area contributed by atoms with Crippen LogP contribution in [-0.4, -0.2) is 50.8 Å². The number of piperidine rings is 1. The summed E-state index contributed by atoms with van der Waals surface area (Å²) in [5, 5.41) is 0. The molecule has 1 saturated heterocycles. The van der Waals surface area contributed by atoms with Crippen molar-refractivity contribution in [2.75, 3.05) is 32.5 Å². The molecule has 0 aromatic rings. The highest BCUT2D eigenvalue weighted by Crippen LogP contribution is 2.37. The number of nitrogens with zero attached hydrogens (tertiary/aromatic N) is 1. The van der Waals surface area contributed by atoms with Crippen molar-refractivity contribution in [1.29, 1.82) is 0 Å². The molecular formula is C14H28N2O3S. The Balaban J connectivity index is 1.87. The minimum atomic E-state index is -3.07. The van der Waals surface area contributed by atoms with E-state index in [-0.39, 0.29) is 5.60 Å². The first kappa shape index (κ1) is 16.2. The molecule has 1 aliphatic carbocycles. The molecule has 0 aromatic carbocycles. The standard InChI is InChI=1S/C14H28N2O3S/c1-12-5-6-14(8-12,11-15)19-10-13-4-3-7-16(9-13)20(2,17)18/h12-13H,3-11,15H2,1-2H3. The highest BCUT2D eigenvalue weighted by atomic mass is 32.2. The van der Waals surface area contributed by atoms with Gasteiger partial charge in [-0.1, -0.05) is 6.92 Å². The van der Waals surface area contributed by atoms with Crippen LogP contribution >= 0.6 is 0 Å². The van der Waals surface area contributed by atoms with Crippen LogP contribution in [0.4, 0.5) is 0 Å². The minimum Gasteiger partial charge on any atom is -0.373 e. The van der Waals surface area contributed by atoms with Crippen molar-refractivity contribution in [2.24, 2.45) is 17.6 Å². The fourth-order valence-electron chi connectivity index (χ4n) is 3.48. The second-order valence-corrected chi connectivity index (χ2v) is 8.66. The summed E-state index contributed by atoms with van der Waals surface area (Å²) in [5.74, 6) is 0.982. The molecule has 3 unspecified atom stereocenters. The maximum Gasteiger partial charge on any atom is 0.211 e. The van der Waals surface area contributed by atoms with Crippen LogP contribution in [-0.2, 0) is 14.8 Å². The molecule has 6 heteroatoms. The van der Waals surface area contributed by atoms with Crippen molar-refractivity contribution in [3.63, 3.8) is 0 Å². The molecule has 118 valence electrons. The molecule has 2 N–H and O–H groups in total. The molecule has 1 heterocycles. The summed E-state index contributed by atoms with van der Waals surface area (Å²) in [4.78, 5) is 0. The van der Waals surface area contributed by atoms with E-state index in [1.165, 1.54) is 12.7 Å². The minimum absolute atomic E-state index is 0.160. The Morgan fingerprint density at radius 1 is 1.40 bits per heavy atom. The van der Waals surface area contributed by atoms with E-state index in [9.17, 15) is 8.42 Å². The first-order valence-corrected chi connectivity index (χ1v) is 9.49. The van der Waals surface area contributed by atoms with Crippen LogP contribution in [0.3, 0.4) is 0 Å². The molecule has 5 nitrogen and oxygen atoms in total. The Bertz CT molecular complexity index is 426. The fraction of sp³-hybridized carbons (Fsp3) is 1.00. The predicted molar refractivity (Wildman–Crippen MR) is 79.9 cm³/mol. The van der Waals surface area contributed by atoms with Gasteiger partial charge in [-0.3, -0.25) is 0 Å². The Morgan fingerprint density at radius 2 is 2.15 bits per heavy atom. The molecule has 1 aliphatic heterocycles. The van der Waals surface area contributed by atoms with Crippen molar-refractivity contribution >= 4 is 10.0 Å². The normalized spacial score (nSPS) is 36.4. The number of hydrogen-bond acceptors (Lipinski definition) is 4. The zero-order valence-electron chi connectivity index (χ0n) is 12.7. The van der Waals surface area contributed by atoms with E-state index >= 15 is 0 Å². The predicted octanol–water partition coefficient (Wildman–Crippen LogP) is 1.19. The molecule has 0 radical (unpaired) electrons. The number of sulfonamides is 1. The van der Waals surface area contributed by atoms with Crippen molar-refractivity contribution in [1.82, 2.24) is 4.31 Å². The largest absolute Gasteiger partial charge is 0.373 e. The topological polar surface area (TPSA) is 72.6 Å². The third kappa shape index (κ3) is 3.93. The van der Waals surface area contributed by atoms with Crippen LogP contribution in [0.15, 0.2) is 0 Å². The van der Waals surface area contributed by atoms with E-state index in [1.54, 1.807) is 4.31 Å². The molecule has 0 aromatic heterocycles. The number of rotatable bonds is 5. The quantitative estimate of drug-likeness (QED) is 0.828. The van der Waals surface area contributed by atoms with E-state index in [0.29, 0.717) is 38.1 Å². The van der Waals surface area contributed by atoms with Gasteiger partial charge in [0.15, 0.2) is 0 Å². The average Bonchev–Trinajstić information content (AvgIpc) is 2.78. The van der Waals surface area contributed by atoms with Gasteiger partial charge in [0.2, 0.25) is 10.0 Å². The summed E-state index contributed by atoms with van der Waals surface area (Å²) in [6, 6.07) is 0. The zero-order chi connectivity index (χ0) is 14.8. The van der Waals surface area contributed by atoms with Gasteiger partial charge in [-0.25, -0.2) is 12.7 Å². The smallest absolute Gasteiger partial charge is 0.211 e. The molecule has 2 aliphatic rings. The van der Waals surface area contributed by atoms with Gasteiger partial charge in [0.1, 0.15) is 0 Å². The SMILES string of the molecule is CC1CCC(CN)(OCC2CCCN(S(C)(=O)=O)C2)C1. The Hall–Kier alpha value is -0.170. The molecule has 20 heavy (non-hydrogen) atoms. The van der Waals surface area contributed by atoms with Gasteiger partial charge in [0.25, 0.3) is 0 Å². The molecule has 0 bridgehead atoms. The lowest BCUT2D eigenvalue weighted by atomic mass is 9.98.